The van der Waals surface area contributed by atoms with Crippen LogP contribution < -0.4 is 9.47 Å². The summed E-state index contributed by atoms with van der Waals surface area (Å²) in [6.07, 6.45) is 0.652. The van der Waals surface area contributed by atoms with Gasteiger partial charge in [0.05, 0.1) is 18.1 Å². The minimum absolute atomic E-state index is 0.00253. The molecule has 0 aliphatic carbocycles. The zero-order valence-electron chi connectivity index (χ0n) is 15.3. The molecule has 0 spiro atoms. The standard InChI is InChI=1S/C19H16FN3O6/c1-27-14-9-10-16(15(11-14)23(25)26)28-18(24)4-2-3-17-21-19(22-29-17)12-5-7-13(20)8-6-12/h5-11H,2-4H2,1H3. The zero-order valence-corrected chi connectivity index (χ0v) is 15.3. The number of methoxy groups -OCH3 is 1. The average molecular weight is 401 g/mol. The van der Waals surface area contributed by atoms with Crippen LogP contribution >= 0.6 is 0 Å². The molecule has 0 aliphatic heterocycles. The molecule has 150 valence electrons. The normalized spacial score (nSPS) is 10.6. The van der Waals surface area contributed by atoms with Crippen molar-refractivity contribution < 1.29 is 28.1 Å². The summed E-state index contributed by atoms with van der Waals surface area (Å²) in [5.74, 6) is -0.240. The summed E-state index contributed by atoms with van der Waals surface area (Å²) in [5, 5.41) is 14.9. The van der Waals surface area contributed by atoms with Gasteiger partial charge in [-0.05, 0) is 42.8 Å². The number of carbonyl (C=O) groups excluding carboxylic acids is 1. The SMILES string of the molecule is COc1ccc(OC(=O)CCCc2nc(-c3ccc(F)cc3)no2)c([N+](=O)[O-])c1. The number of ether oxygens (including phenoxy) is 2. The van der Waals surface area contributed by atoms with E-state index in [4.69, 9.17) is 14.0 Å². The van der Waals surface area contributed by atoms with Gasteiger partial charge in [-0.2, -0.15) is 4.98 Å². The van der Waals surface area contributed by atoms with E-state index in [2.05, 4.69) is 10.1 Å². The molecule has 0 amide bonds. The molecule has 0 saturated carbocycles. The van der Waals surface area contributed by atoms with Crippen LogP contribution in [0.2, 0.25) is 0 Å². The van der Waals surface area contributed by atoms with Crippen LogP contribution in [0.1, 0.15) is 18.7 Å². The fourth-order valence-corrected chi connectivity index (χ4v) is 2.48. The van der Waals surface area contributed by atoms with Crippen LogP contribution in [0.4, 0.5) is 10.1 Å². The largest absolute Gasteiger partial charge is 0.496 e. The third-order valence-corrected chi connectivity index (χ3v) is 3.93. The fourth-order valence-electron chi connectivity index (χ4n) is 2.48. The van der Waals surface area contributed by atoms with Crippen LogP contribution in [0.15, 0.2) is 47.0 Å². The van der Waals surface area contributed by atoms with Crippen molar-refractivity contribution in [3.05, 3.63) is 64.3 Å². The monoisotopic (exact) mass is 401 g/mol. The molecule has 0 saturated heterocycles. The van der Waals surface area contributed by atoms with Gasteiger partial charge in [-0.25, -0.2) is 4.39 Å². The van der Waals surface area contributed by atoms with E-state index in [0.29, 0.717) is 30.1 Å². The van der Waals surface area contributed by atoms with E-state index < -0.39 is 10.9 Å². The Labute approximate surface area is 164 Å². The van der Waals surface area contributed by atoms with Crippen molar-refractivity contribution >= 4 is 11.7 Å². The Hall–Kier alpha value is -3.82. The van der Waals surface area contributed by atoms with E-state index in [-0.39, 0.29) is 29.4 Å². The predicted molar refractivity (Wildman–Crippen MR) is 97.9 cm³/mol. The third kappa shape index (κ3) is 5.12. The lowest BCUT2D eigenvalue weighted by atomic mass is 10.2. The quantitative estimate of drug-likeness (QED) is 0.243. The van der Waals surface area contributed by atoms with Crippen molar-refractivity contribution in [2.24, 2.45) is 0 Å². The van der Waals surface area contributed by atoms with Gasteiger partial charge in [-0.1, -0.05) is 5.16 Å². The van der Waals surface area contributed by atoms with Crippen LogP contribution in [0.25, 0.3) is 11.4 Å². The lowest BCUT2D eigenvalue weighted by Crippen LogP contribution is -2.09. The maximum absolute atomic E-state index is 13.0. The van der Waals surface area contributed by atoms with Crippen LogP contribution in [0, 0.1) is 15.9 Å². The molecule has 0 bridgehead atoms. The van der Waals surface area contributed by atoms with Crippen LogP contribution in [-0.4, -0.2) is 28.1 Å². The molecule has 0 N–H and O–H groups in total. The highest BCUT2D eigenvalue weighted by atomic mass is 19.1. The summed E-state index contributed by atoms with van der Waals surface area (Å²) >= 11 is 0. The van der Waals surface area contributed by atoms with Crippen LogP contribution in [-0.2, 0) is 11.2 Å². The van der Waals surface area contributed by atoms with Gasteiger partial charge in [-0.15, -0.1) is 0 Å². The fraction of sp³-hybridized carbons (Fsp3) is 0.211. The first-order valence-corrected chi connectivity index (χ1v) is 8.58. The highest BCUT2D eigenvalue weighted by Crippen LogP contribution is 2.31. The minimum atomic E-state index is -0.652. The van der Waals surface area contributed by atoms with Gasteiger partial charge >= 0.3 is 11.7 Å². The summed E-state index contributed by atoms with van der Waals surface area (Å²) in [5.41, 5.74) is 0.242. The summed E-state index contributed by atoms with van der Waals surface area (Å²) in [4.78, 5) is 26.7. The molecule has 0 atom stereocenters. The third-order valence-electron chi connectivity index (χ3n) is 3.93. The lowest BCUT2D eigenvalue weighted by molar-refractivity contribution is -0.385. The predicted octanol–water partition coefficient (Wildman–Crippen LogP) is 3.72. The Balaban J connectivity index is 1.54. The number of carbonyl (C=O) groups is 1. The molecular formula is C19H16FN3O6. The number of hydrogen-bond acceptors (Lipinski definition) is 8. The lowest BCUT2D eigenvalue weighted by Gasteiger charge is -2.06. The molecule has 29 heavy (non-hydrogen) atoms. The molecule has 10 heteroatoms. The average Bonchev–Trinajstić information content (AvgIpc) is 3.17. The van der Waals surface area contributed by atoms with Crippen molar-refractivity contribution in [3.63, 3.8) is 0 Å². The molecule has 1 aromatic heterocycles. The molecular weight excluding hydrogens is 385 g/mol. The summed E-state index contributed by atoms with van der Waals surface area (Å²) in [7, 11) is 1.38. The van der Waals surface area contributed by atoms with Gasteiger partial charge in [-0.3, -0.25) is 14.9 Å². The number of nitro benzene ring substituents is 1. The number of aryl methyl sites for hydroxylation is 1. The van der Waals surface area contributed by atoms with E-state index in [1.54, 1.807) is 0 Å². The Morgan fingerprint density at radius 2 is 2.00 bits per heavy atom. The highest BCUT2D eigenvalue weighted by molar-refractivity contribution is 5.74. The van der Waals surface area contributed by atoms with E-state index in [1.807, 2.05) is 0 Å². The van der Waals surface area contributed by atoms with Crippen LogP contribution in [0.5, 0.6) is 11.5 Å². The number of hydrogen-bond donors (Lipinski definition) is 0. The molecule has 9 nitrogen and oxygen atoms in total. The van der Waals surface area contributed by atoms with Gasteiger partial charge in [0.15, 0.2) is 0 Å². The zero-order chi connectivity index (χ0) is 20.8. The second-order valence-electron chi connectivity index (χ2n) is 5.94. The number of nitrogens with zero attached hydrogens (tertiary/aromatic N) is 3. The number of nitro groups is 1. The Bertz CT molecular complexity index is 1020. The molecule has 0 aliphatic rings. The number of benzene rings is 2. The topological polar surface area (TPSA) is 118 Å². The summed E-state index contributed by atoms with van der Waals surface area (Å²) in [6.45, 7) is 0. The van der Waals surface area contributed by atoms with Gasteiger partial charge in [0, 0.05) is 18.4 Å². The Morgan fingerprint density at radius 3 is 2.69 bits per heavy atom. The Kier molecular flexibility index (Phi) is 6.12. The number of esters is 1. The van der Waals surface area contributed by atoms with E-state index >= 15 is 0 Å². The maximum Gasteiger partial charge on any atom is 0.315 e. The number of halogens is 1. The first kappa shape index (κ1) is 19.9. The van der Waals surface area contributed by atoms with Crippen molar-refractivity contribution in [2.45, 2.75) is 19.3 Å². The van der Waals surface area contributed by atoms with E-state index in [0.717, 1.165) is 0 Å². The summed E-state index contributed by atoms with van der Waals surface area (Å²) < 4.78 is 28.1. The van der Waals surface area contributed by atoms with Crippen molar-refractivity contribution in [2.75, 3.05) is 7.11 Å². The minimum Gasteiger partial charge on any atom is -0.496 e. The number of aromatic nitrogens is 2. The van der Waals surface area contributed by atoms with E-state index in [1.165, 1.54) is 49.6 Å². The second kappa shape index (κ2) is 8.91. The van der Waals surface area contributed by atoms with Gasteiger partial charge in [0.2, 0.25) is 17.5 Å². The van der Waals surface area contributed by atoms with Gasteiger partial charge in [0.25, 0.3) is 0 Å². The van der Waals surface area contributed by atoms with Gasteiger partial charge < -0.3 is 14.0 Å². The Morgan fingerprint density at radius 1 is 1.24 bits per heavy atom. The first-order chi connectivity index (χ1) is 14.0. The van der Waals surface area contributed by atoms with Crippen molar-refractivity contribution in [1.29, 1.82) is 0 Å². The molecule has 0 radical (unpaired) electrons. The molecule has 2 aromatic carbocycles. The first-order valence-electron chi connectivity index (χ1n) is 8.58. The molecule has 3 aromatic rings. The molecule has 0 unspecified atom stereocenters. The van der Waals surface area contributed by atoms with Crippen molar-refractivity contribution in [3.8, 4) is 22.9 Å². The van der Waals surface area contributed by atoms with Crippen molar-refractivity contribution in [1.82, 2.24) is 10.1 Å². The second-order valence-corrected chi connectivity index (χ2v) is 5.94. The number of rotatable bonds is 8. The van der Waals surface area contributed by atoms with Gasteiger partial charge in [0.1, 0.15) is 11.6 Å². The maximum atomic E-state index is 13.0. The highest BCUT2D eigenvalue weighted by Gasteiger charge is 2.19. The smallest absolute Gasteiger partial charge is 0.315 e. The van der Waals surface area contributed by atoms with E-state index in [9.17, 15) is 19.3 Å². The molecule has 0 fully saturated rings. The van der Waals surface area contributed by atoms with Crippen LogP contribution in [0.3, 0.4) is 0 Å². The molecule has 1 heterocycles. The summed E-state index contributed by atoms with van der Waals surface area (Å²) in [6, 6.07) is 9.59. The molecule has 3 rings (SSSR count).